The van der Waals surface area contributed by atoms with Crippen molar-refractivity contribution in [3.8, 4) is 0 Å². The zero-order chi connectivity index (χ0) is 14.9. The van der Waals surface area contributed by atoms with Crippen LogP contribution in [0, 0.1) is 0 Å². The molecule has 0 unspecified atom stereocenters. The van der Waals surface area contributed by atoms with Gasteiger partial charge in [0.05, 0.1) is 17.6 Å². The average molecular weight is 286 g/mol. The Morgan fingerprint density at radius 2 is 2.00 bits per heavy atom. The SMILES string of the molecule is CCOC(=O)c1cc(=O)c2ccc(C(F)(F)F)cc2o1. The van der Waals surface area contributed by atoms with Gasteiger partial charge < -0.3 is 9.15 Å². The predicted octanol–water partition coefficient (Wildman–Crippen LogP) is 2.99. The summed E-state index contributed by atoms with van der Waals surface area (Å²) in [5, 5.41) is -0.0361. The van der Waals surface area contributed by atoms with Crippen molar-refractivity contribution in [2.24, 2.45) is 0 Å². The number of ether oxygens (including phenoxy) is 1. The summed E-state index contributed by atoms with van der Waals surface area (Å²) in [4.78, 5) is 23.2. The maximum atomic E-state index is 12.6. The van der Waals surface area contributed by atoms with Crippen LogP contribution in [0.3, 0.4) is 0 Å². The van der Waals surface area contributed by atoms with Crippen LogP contribution < -0.4 is 5.43 Å². The van der Waals surface area contributed by atoms with Crippen molar-refractivity contribution in [1.29, 1.82) is 0 Å². The molecule has 4 nitrogen and oxygen atoms in total. The van der Waals surface area contributed by atoms with E-state index < -0.39 is 28.9 Å². The third-order valence-electron chi connectivity index (χ3n) is 2.53. The molecular formula is C13H9F3O4. The lowest BCUT2D eigenvalue weighted by molar-refractivity contribution is -0.137. The van der Waals surface area contributed by atoms with Crippen molar-refractivity contribution in [1.82, 2.24) is 0 Å². The first-order chi connectivity index (χ1) is 9.32. The van der Waals surface area contributed by atoms with Gasteiger partial charge in [0.2, 0.25) is 5.76 Å². The third kappa shape index (κ3) is 2.66. The number of alkyl halides is 3. The molecule has 0 atom stereocenters. The molecule has 0 saturated carbocycles. The minimum Gasteiger partial charge on any atom is -0.460 e. The highest BCUT2D eigenvalue weighted by molar-refractivity contribution is 5.89. The molecule has 0 aliphatic carbocycles. The van der Waals surface area contributed by atoms with E-state index in [2.05, 4.69) is 4.74 Å². The van der Waals surface area contributed by atoms with Gasteiger partial charge in [-0.25, -0.2) is 4.79 Å². The Balaban J connectivity index is 2.62. The van der Waals surface area contributed by atoms with Crippen LogP contribution in [0.15, 0.2) is 33.5 Å². The first-order valence-corrected chi connectivity index (χ1v) is 5.65. The maximum Gasteiger partial charge on any atom is 0.416 e. The summed E-state index contributed by atoms with van der Waals surface area (Å²) in [5.41, 5.74) is -1.88. The highest BCUT2D eigenvalue weighted by Crippen LogP contribution is 2.31. The van der Waals surface area contributed by atoms with Gasteiger partial charge in [-0.3, -0.25) is 4.79 Å². The molecule has 0 bridgehead atoms. The average Bonchev–Trinajstić information content (AvgIpc) is 2.37. The summed E-state index contributed by atoms with van der Waals surface area (Å²) in [7, 11) is 0. The minimum atomic E-state index is -4.56. The Labute approximate surface area is 110 Å². The number of esters is 1. The Morgan fingerprint density at radius 1 is 1.30 bits per heavy atom. The minimum absolute atomic E-state index is 0.0361. The molecule has 0 saturated heterocycles. The second-order valence-electron chi connectivity index (χ2n) is 3.90. The number of halogens is 3. The number of fused-ring (bicyclic) bond motifs is 1. The quantitative estimate of drug-likeness (QED) is 0.796. The lowest BCUT2D eigenvalue weighted by Gasteiger charge is -2.07. The lowest BCUT2D eigenvalue weighted by atomic mass is 10.1. The van der Waals surface area contributed by atoms with Gasteiger partial charge in [0.15, 0.2) is 5.43 Å². The standard InChI is InChI=1S/C13H9F3O4/c1-2-19-12(18)11-6-9(17)8-4-3-7(13(14,15)16)5-10(8)20-11/h3-6H,2H2,1H3. The monoisotopic (exact) mass is 286 g/mol. The Hall–Kier alpha value is -2.31. The zero-order valence-electron chi connectivity index (χ0n) is 10.3. The van der Waals surface area contributed by atoms with E-state index >= 15 is 0 Å². The van der Waals surface area contributed by atoms with E-state index in [1.165, 1.54) is 0 Å². The van der Waals surface area contributed by atoms with Crippen LogP contribution in [0.1, 0.15) is 23.0 Å². The molecule has 1 aromatic carbocycles. The van der Waals surface area contributed by atoms with Gasteiger partial charge in [-0.15, -0.1) is 0 Å². The normalized spacial score (nSPS) is 11.6. The number of carbonyl (C=O) groups is 1. The fourth-order valence-corrected chi connectivity index (χ4v) is 1.63. The molecule has 0 spiro atoms. The predicted molar refractivity (Wildman–Crippen MR) is 63.4 cm³/mol. The van der Waals surface area contributed by atoms with E-state index in [-0.39, 0.29) is 17.6 Å². The summed E-state index contributed by atoms with van der Waals surface area (Å²) in [6, 6.07) is 3.37. The van der Waals surface area contributed by atoms with Gasteiger partial charge in [0, 0.05) is 6.07 Å². The Morgan fingerprint density at radius 3 is 2.60 bits per heavy atom. The fraction of sp³-hybridized carbons (Fsp3) is 0.231. The topological polar surface area (TPSA) is 56.5 Å². The fourth-order valence-electron chi connectivity index (χ4n) is 1.63. The van der Waals surface area contributed by atoms with Gasteiger partial charge in [-0.2, -0.15) is 13.2 Å². The van der Waals surface area contributed by atoms with Crippen LogP contribution in [0.4, 0.5) is 13.2 Å². The number of rotatable bonds is 2. The molecule has 0 fully saturated rings. The van der Waals surface area contributed by atoms with Crippen LogP contribution in [0.25, 0.3) is 11.0 Å². The van der Waals surface area contributed by atoms with E-state index in [4.69, 9.17) is 4.42 Å². The summed E-state index contributed by atoms with van der Waals surface area (Å²) < 4.78 is 47.4. The molecule has 7 heteroatoms. The van der Waals surface area contributed by atoms with Gasteiger partial charge >= 0.3 is 12.1 Å². The smallest absolute Gasteiger partial charge is 0.416 e. The van der Waals surface area contributed by atoms with Crippen molar-refractivity contribution in [2.75, 3.05) is 6.61 Å². The largest absolute Gasteiger partial charge is 0.460 e. The van der Waals surface area contributed by atoms with Gasteiger partial charge in [0.1, 0.15) is 5.58 Å². The van der Waals surface area contributed by atoms with Crippen LogP contribution in [-0.4, -0.2) is 12.6 Å². The molecule has 1 heterocycles. The van der Waals surface area contributed by atoms with Gasteiger partial charge in [0.25, 0.3) is 0 Å². The summed E-state index contributed by atoms with van der Waals surface area (Å²) in [6.07, 6.45) is -4.56. The molecule has 0 aliphatic heterocycles. The first kappa shape index (κ1) is 14.1. The highest BCUT2D eigenvalue weighted by Gasteiger charge is 2.31. The maximum absolute atomic E-state index is 12.6. The van der Waals surface area contributed by atoms with Crippen LogP contribution in [-0.2, 0) is 10.9 Å². The van der Waals surface area contributed by atoms with Crippen molar-refractivity contribution in [3.63, 3.8) is 0 Å². The van der Waals surface area contributed by atoms with Crippen molar-refractivity contribution >= 4 is 16.9 Å². The van der Waals surface area contributed by atoms with Crippen molar-refractivity contribution in [3.05, 3.63) is 45.8 Å². The van der Waals surface area contributed by atoms with E-state index in [1.54, 1.807) is 6.92 Å². The first-order valence-electron chi connectivity index (χ1n) is 5.65. The number of benzene rings is 1. The van der Waals surface area contributed by atoms with Gasteiger partial charge in [-0.1, -0.05) is 0 Å². The highest BCUT2D eigenvalue weighted by atomic mass is 19.4. The van der Waals surface area contributed by atoms with E-state index in [0.717, 1.165) is 18.2 Å². The van der Waals surface area contributed by atoms with Crippen molar-refractivity contribution in [2.45, 2.75) is 13.1 Å². The molecule has 1 aromatic heterocycles. The molecule has 0 aliphatic rings. The van der Waals surface area contributed by atoms with Crippen LogP contribution >= 0.6 is 0 Å². The van der Waals surface area contributed by atoms with Crippen LogP contribution in [0.5, 0.6) is 0 Å². The molecule has 2 rings (SSSR count). The number of carbonyl (C=O) groups excluding carboxylic acids is 1. The molecular weight excluding hydrogens is 277 g/mol. The van der Waals surface area contributed by atoms with Gasteiger partial charge in [-0.05, 0) is 25.1 Å². The molecule has 0 N–H and O–H groups in total. The summed E-state index contributed by atoms with van der Waals surface area (Å²) in [6.45, 7) is 1.61. The number of hydrogen-bond donors (Lipinski definition) is 0. The summed E-state index contributed by atoms with van der Waals surface area (Å²) in [5.74, 6) is -1.33. The van der Waals surface area contributed by atoms with Crippen LogP contribution in [0.2, 0.25) is 0 Å². The number of hydrogen-bond acceptors (Lipinski definition) is 4. The second-order valence-corrected chi connectivity index (χ2v) is 3.90. The molecule has 106 valence electrons. The summed E-state index contributed by atoms with van der Waals surface area (Å²) >= 11 is 0. The van der Waals surface area contributed by atoms with E-state index in [9.17, 15) is 22.8 Å². The molecule has 20 heavy (non-hydrogen) atoms. The van der Waals surface area contributed by atoms with E-state index in [0.29, 0.717) is 6.07 Å². The zero-order valence-corrected chi connectivity index (χ0v) is 10.3. The Bertz CT molecular complexity index is 716. The molecule has 2 aromatic rings. The van der Waals surface area contributed by atoms with E-state index in [1.807, 2.05) is 0 Å². The second kappa shape index (κ2) is 4.99. The van der Waals surface area contributed by atoms with Crippen molar-refractivity contribution < 1.29 is 27.1 Å². The lowest BCUT2D eigenvalue weighted by Crippen LogP contribution is -2.11. The molecule has 0 radical (unpaired) electrons. The molecule has 0 amide bonds. The Kier molecular flexibility index (Phi) is 3.52. The third-order valence-corrected chi connectivity index (χ3v) is 2.53.